The van der Waals surface area contributed by atoms with E-state index < -0.39 is 0 Å². The van der Waals surface area contributed by atoms with Gasteiger partial charge in [0.2, 0.25) is 0 Å². The number of para-hydroxylation sites is 1. The van der Waals surface area contributed by atoms with Crippen LogP contribution < -0.4 is 10.1 Å². The van der Waals surface area contributed by atoms with Crippen molar-refractivity contribution in [3.05, 3.63) is 28.7 Å². The Kier molecular flexibility index (Phi) is 3.96. The molecule has 0 fully saturated rings. The van der Waals surface area contributed by atoms with E-state index in [9.17, 15) is 0 Å². The van der Waals surface area contributed by atoms with Crippen LogP contribution in [0.1, 0.15) is 13.8 Å². The van der Waals surface area contributed by atoms with Crippen LogP contribution in [0.15, 0.2) is 28.7 Å². The third-order valence-electron chi connectivity index (χ3n) is 2.10. The van der Waals surface area contributed by atoms with Crippen LogP contribution in [-0.2, 0) is 0 Å². The highest BCUT2D eigenvalue weighted by Crippen LogP contribution is 2.24. The number of benzene rings is 1. The van der Waals surface area contributed by atoms with Gasteiger partial charge >= 0.3 is 0 Å². The van der Waals surface area contributed by atoms with Crippen molar-refractivity contribution in [1.82, 2.24) is 5.32 Å². The van der Waals surface area contributed by atoms with Crippen molar-refractivity contribution in [2.24, 2.45) is 0 Å². The smallest absolute Gasteiger partial charge is 0.133 e. The van der Waals surface area contributed by atoms with E-state index in [1.165, 1.54) is 0 Å². The lowest BCUT2D eigenvalue weighted by atomic mass is 10.1. The van der Waals surface area contributed by atoms with Crippen LogP contribution in [0.4, 0.5) is 0 Å². The predicted octanol–water partition coefficient (Wildman–Crippen LogP) is 2.83. The molecule has 0 unspecified atom stereocenters. The molecular weight excluding hydrogens is 242 g/mol. The van der Waals surface area contributed by atoms with Crippen molar-refractivity contribution < 1.29 is 4.74 Å². The molecule has 1 rings (SSSR count). The number of nitrogens with one attached hydrogen (secondary N) is 1. The number of hydrogen-bond acceptors (Lipinski definition) is 2. The van der Waals surface area contributed by atoms with E-state index in [1.807, 2.05) is 31.3 Å². The minimum Gasteiger partial charge on any atom is -0.491 e. The maximum atomic E-state index is 5.68. The lowest BCUT2D eigenvalue weighted by Crippen LogP contribution is -2.42. The van der Waals surface area contributed by atoms with E-state index in [4.69, 9.17) is 4.74 Å². The van der Waals surface area contributed by atoms with Crippen LogP contribution in [-0.4, -0.2) is 19.2 Å². The van der Waals surface area contributed by atoms with Crippen molar-refractivity contribution >= 4 is 15.9 Å². The van der Waals surface area contributed by atoms with Crippen LogP contribution in [0.5, 0.6) is 5.75 Å². The summed E-state index contributed by atoms with van der Waals surface area (Å²) in [5, 5.41) is 3.19. The van der Waals surface area contributed by atoms with Crippen molar-refractivity contribution in [3.8, 4) is 5.75 Å². The first kappa shape index (κ1) is 11.5. The Balaban J connectivity index is 2.58. The summed E-state index contributed by atoms with van der Waals surface area (Å²) in [4.78, 5) is 0. The maximum Gasteiger partial charge on any atom is 0.133 e. The summed E-state index contributed by atoms with van der Waals surface area (Å²) in [6.07, 6.45) is 0. The molecule has 1 aromatic rings. The van der Waals surface area contributed by atoms with Crippen molar-refractivity contribution in [3.63, 3.8) is 0 Å². The zero-order chi connectivity index (χ0) is 10.6. The van der Waals surface area contributed by atoms with Gasteiger partial charge in [0.15, 0.2) is 0 Å². The fourth-order valence-electron chi connectivity index (χ4n) is 0.892. The maximum absolute atomic E-state index is 5.68. The molecule has 0 amide bonds. The van der Waals surface area contributed by atoms with Crippen LogP contribution in [0.25, 0.3) is 0 Å². The molecule has 0 aromatic heterocycles. The molecule has 0 saturated heterocycles. The second-order valence-corrected chi connectivity index (χ2v) is 4.71. The van der Waals surface area contributed by atoms with Gasteiger partial charge in [0.25, 0.3) is 0 Å². The Hall–Kier alpha value is -0.540. The predicted molar refractivity (Wildman–Crippen MR) is 62.8 cm³/mol. The lowest BCUT2D eigenvalue weighted by molar-refractivity contribution is 0.216. The zero-order valence-corrected chi connectivity index (χ0v) is 10.4. The van der Waals surface area contributed by atoms with Gasteiger partial charge in [-0.1, -0.05) is 12.1 Å². The highest BCUT2D eigenvalue weighted by atomic mass is 79.9. The summed E-state index contributed by atoms with van der Waals surface area (Å²) < 4.78 is 6.68. The molecule has 1 aromatic carbocycles. The Morgan fingerprint density at radius 2 is 2.00 bits per heavy atom. The molecule has 0 atom stereocenters. The summed E-state index contributed by atoms with van der Waals surface area (Å²) in [5.74, 6) is 0.885. The molecule has 0 bridgehead atoms. The molecule has 0 aliphatic rings. The number of hydrogen-bond donors (Lipinski definition) is 1. The molecular formula is C11H16BrNO. The van der Waals surface area contributed by atoms with Gasteiger partial charge in [-0.2, -0.15) is 0 Å². The second-order valence-electron chi connectivity index (χ2n) is 3.85. The number of halogens is 1. The summed E-state index contributed by atoms with van der Waals surface area (Å²) in [5.41, 5.74) is -0.00468. The van der Waals surface area contributed by atoms with E-state index in [2.05, 4.69) is 35.1 Å². The van der Waals surface area contributed by atoms with Crippen LogP contribution in [0.3, 0.4) is 0 Å². The van der Waals surface area contributed by atoms with Crippen molar-refractivity contribution in [1.29, 1.82) is 0 Å². The first-order chi connectivity index (χ1) is 6.55. The largest absolute Gasteiger partial charge is 0.491 e. The van der Waals surface area contributed by atoms with E-state index in [0.717, 1.165) is 10.2 Å². The molecule has 3 heteroatoms. The van der Waals surface area contributed by atoms with Gasteiger partial charge < -0.3 is 10.1 Å². The highest BCUT2D eigenvalue weighted by Gasteiger charge is 2.15. The van der Waals surface area contributed by atoms with E-state index >= 15 is 0 Å². The average Bonchev–Trinajstić information content (AvgIpc) is 2.17. The average molecular weight is 258 g/mol. The number of likely N-dealkylation sites (N-methyl/N-ethyl adjacent to an activating group) is 1. The minimum atomic E-state index is -0.00468. The summed E-state index contributed by atoms with van der Waals surface area (Å²) in [6, 6.07) is 7.87. The third kappa shape index (κ3) is 3.31. The molecule has 0 aliphatic heterocycles. The summed E-state index contributed by atoms with van der Waals surface area (Å²) in [7, 11) is 1.93. The van der Waals surface area contributed by atoms with Gasteiger partial charge in [-0.25, -0.2) is 0 Å². The highest BCUT2D eigenvalue weighted by molar-refractivity contribution is 9.10. The molecule has 2 nitrogen and oxygen atoms in total. The van der Waals surface area contributed by atoms with Crippen LogP contribution in [0, 0.1) is 0 Å². The topological polar surface area (TPSA) is 21.3 Å². The molecule has 0 saturated carbocycles. The molecule has 0 aliphatic carbocycles. The normalized spacial score (nSPS) is 11.4. The Bertz CT molecular complexity index is 299. The van der Waals surface area contributed by atoms with Gasteiger partial charge in [0.05, 0.1) is 4.47 Å². The lowest BCUT2D eigenvalue weighted by Gasteiger charge is -2.24. The summed E-state index contributed by atoms with van der Waals surface area (Å²) >= 11 is 3.44. The van der Waals surface area contributed by atoms with Crippen molar-refractivity contribution in [2.75, 3.05) is 13.7 Å². The Morgan fingerprint density at radius 3 is 2.57 bits per heavy atom. The monoisotopic (exact) mass is 257 g/mol. The zero-order valence-electron chi connectivity index (χ0n) is 8.80. The van der Waals surface area contributed by atoms with Gasteiger partial charge in [-0.15, -0.1) is 0 Å². The fraction of sp³-hybridized carbons (Fsp3) is 0.455. The molecule has 78 valence electrons. The van der Waals surface area contributed by atoms with E-state index in [-0.39, 0.29) is 5.54 Å². The van der Waals surface area contributed by atoms with Crippen LogP contribution >= 0.6 is 15.9 Å². The second kappa shape index (κ2) is 4.80. The van der Waals surface area contributed by atoms with E-state index in [1.54, 1.807) is 0 Å². The first-order valence-corrected chi connectivity index (χ1v) is 5.41. The molecule has 1 N–H and O–H groups in total. The quantitative estimate of drug-likeness (QED) is 0.896. The summed E-state index contributed by atoms with van der Waals surface area (Å²) in [6.45, 7) is 4.85. The van der Waals surface area contributed by atoms with Gasteiger partial charge in [-0.3, -0.25) is 0 Å². The minimum absolute atomic E-state index is 0.00468. The van der Waals surface area contributed by atoms with Gasteiger partial charge in [0, 0.05) is 5.54 Å². The molecule has 0 heterocycles. The van der Waals surface area contributed by atoms with Gasteiger partial charge in [-0.05, 0) is 49.0 Å². The third-order valence-corrected chi connectivity index (χ3v) is 2.76. The Labute approximate surface area is 93.8 Å². The molecule has 0 spiro atoms. The van der Waals surface area contributed by atoms with Gasteiger partial charge in [0.1, 0.15) is 12.4 Å². The number of rotatable bonds is 4. The van der Waals surface area contributed by atoms with Crippen molar-refractivity contribution in [2.45, 2.75) is 19.4 Å². The van der Waals surface area contributed by atoms with E-state index in [0.29, 0.717) is 6.61 Å². The number of ether oxygens (including phenoxy) is 1. The molecule has 0 radical (unpaired) electrons. The first-order valence-electron chi connectivity index (χ1n) is 4.61. The SMILES string of the molecule is CNC(C)(C)COc1ccccc1Br. The Morgan fingerprint density at radius 1 is 1.36 bits per heavy atom. The fourth-order valence-corrected chi connectivity index (χ4v) is 1.29. The molecule has 14 heavy (non-hydrogen) atoms. The standard InChI is InChI=1S/C11H16BrNO/c1-11(2,13-3)8-14-10-7-5-4-6-9(10)12/h4-7,13H,8H2,1-3H3. The van der Waals surface area contributed by atoms with Crippen LogP contribution in [0.2, 0.25) is 0 Å².